The summed E-state index contributed by atoms with van der Waals surface area (Å²) in [5.74, 6) is 0. The van der Waals surface area contributed by atoms with Crippen molar-refractivity contribution in [1.82, 2.24) is 9.97 Å². The molecule has 0 radical (unpaired) electrons. The zero-order valence-electron chi connectivity index (χ0n) is 9.44. The van der Waals surface area contributed by atoms with E-state index in [4.69, 9.17) is 0 Å². The second-order valence-corrected chi connectivity index (χ2v) is 2.93. The van der Waals surface area contributed by atoms with Crippen molar-refractivity contribution >= 4 is 0 Å². The Morgan fingerprint density at radius 2 is 1.67 bits per heavy atom. The summed E-state index contributed by atoms with van der Waals surface area (Å²) in [6.07, 6.45) is 5.48. The molecule has 0 fully saturated rings. The van der Waals surface area contributed by atoms with E-state index in [0.29, 0.717) is 0 Å². The van der Waals surface area contributed by atoms with Gasteiger partial charge >= 0.3 is 0 Å². The molecule has 0 bridgehead atoms. The maximum absolute atomic E-state index is 4.23. The van der Waals surface area contributed by atoms with Crippen LogP contribution >= 0.6 is 0 Å². The van der Waals surface area contributed by atoms with E-state index in [-0.39, 0.29) is 0 Å². The molecule has 0 N–H and O–H groups in total. The van der Waals surface area contributed by atoms with Gasteiger partial charge in [-0.25, -0.2) is 0 Å². The van der Waals surface area contributed by atoms with Crippen LogP contribution in [0, 0.1) is 6.92 Å². The van der Waals surface area contributed by atoms with Crippen LogP contribution in [-0.2, 0) is 0 Å². The van der Waals surface area contributed by atoms with Crippen LogP contribution in [0.15, 0.2) is 42.9 Å². The van der Waals surface area contributed by atoms with Gasteiger partial charge in [-0.1, -0.05) is 26.0 Å². The Bertz CT molecular complexity index is 379. The second-order valence-electron chi connectivity index (χ2n) is 2.93. The first kappa shape index (κ1) is 11.4. The molecule has 0 aliphatic rings. The molecule has 0 saturated heterocycles. The number of rotatable bonds is 1. The summed E-state index contributed by atoms with van der Waals surface area (Å²) in [6.45, 7) is 5.98. The molecule has 0 amide bonds. The van der Waals surface area contributed by atoms with Gasteiger partial charge in [0.25, 0.3) is 0 Å². The summed E-state index contributed by atoms with van der Waals surface area (Å²) >= 11 is 0. The van der Waals surface area contributed by atoms with Crippen LogP contribution in [0.5, 0.6) is 0 Å². The predicted molar refractivity (Wildman–Crippen MR) is 63.6 cm³/mol. The summed E-state index contributed by atoms with van der Waals surface area (Å²) in [4.78, 5) is 8.28. The van der Waals surface area contributed by atoms with E-state index in [0.717, 1.165) is 16.8 Å². The molecule has 0 atom stereocenters. The molecule has 2 heterocycles. The fraction of sp³-hybridized carbons (Fsp3) is 0.231. The average Bonchev–Trinajstić information content (AvgIpc) is 2.34. The van der Waals surface area contributed by atoms with E-state index in [1.807, 2.05) is 51.4 Å². The Labute approximate surface area is 91.0 Å². The number of nitrogens with zero attached hydrogens (tertiary/aromatic N) is 2. The van der Waals surface area contributed by atoms with Gasteiger partial charge < -0.3 is 0 Å². The maximum atomic E-state index is 4.23. The second kappa shape index (κ2) is 5.91. The summed E-state index contributed by atoms with van der Waals surface area (Å²) in [5, 5.41) is 0. The van der Waals surface area contributed by atoms with Gasteiger partial charge in [0.15, 0.2) is 0 Å². The third kappa shape index (κ3) is 3.17. The van der Waals surface area contributed by atoms with Crippen LogP contribution in [0.4, 0.5) is 0 Å². The van der Waals surface area contributed by atoms with E-state index in [9.17, 15) is 0 Å². The molecular weight excluding hydrogens is 184 g/mol. The minimum Gasteiger partial charge on any atom is -0.264 e. The van der Waals surface area contributed by atoms with Crippen molar-refractivity contribution in [3.8, 4) is 11.1 Å². The fourth-order valence-corrected chi connectivity index (χ4v) is 1.17. The van der Waals surface area contributed by atoms with Gasteiger partial charge in [-0.15, -0.1) is 0 Å². The first-order chi connectivity index (χ1) is 7.36. The molecule has 0 aliphatic heterocycles. The van der Waals surface area contributed by atoms with Crippen LogP contribution in [0.1, 0.15) is 19.5 Å². The summed E-state index contributed by atoms with van der Waals surface area (Å²) in [6, 6.07) is 8.01. The van der Waals surface area contributed by atoms with Gasteiger partial charge in [0, 0.05) is 35.4 Å². The number of hydrogen-bond acceptors (Lipinski definition) is 2. The first-order valence-corrected chi connectivity index (χ1v) is 5.19. The topological polar surface area (TPSA) is 25.8 Å². The van der Waals surface area contributed by atoms with Gasteiger partial charge in [0.05, 0.1) is 0 Å². The maximum Gasteiger partial charge on any atom is 0.0373 e. The lowest BCUT2D eigenvalue weighted by atomic mass is 10.1. The molecule has 2 nitrogen and oxygen atoms in total. The van der Waals surface area contributed by atoms with E-state index in [2.05, 4.69) is 16.0 Å². The standard InChI is InChI=1S/C11H10N2.C2H6/c1-9-4-5-11(8-13-9)10-3-2-6-12-7-10;1-2/h2-8H,1H3;1-2H3. The Morgan fingerprint density at radius 3 is 2.20 bits per heavy atom. The van der Waals surface area contributed by atoms with Crippen LogP contribution in [0.3, 0.4) is 0 Å². The minimum absolute atomic E-state index is 1.03. The zero-order valence-corrected chi connectivity index (χ0v) is 9.44. The molecule has 2 aromatic heterocycles. The number of pyridine rings is 2. The summed E-state index contributed by atoms with van der Waals surface area (Å²) in [5.41, 5.74) is 3.25. The van der Waals surface area contributed by atoms with Crippen LogP contribution in [0.2, 0.25) is 0 Å². The van der Waals surface area contributed by atoms with Crippen LogP contribution in [-0.4, -0.2) is 9.97 Å². The number of aryl methyl sites for hydroxylation is 1. The third-order valence-electron chi connectivity index (χ3n) is 1.91. The van der Waals surface area contributed by atoms with Crippen molar-refractivity contribution in [2.24, 2.45) is 0 Å². The highest BCUT2D eigenvalue weighted by atomic mass is 14.7. The van der Waals surface area contributed by atoms with E-state index < -0.39 is 0 Å². The lowest BCUT2D eigenvalue weighted by molar-refractivity contribution is 1.20. The highest BCUT2D eigenvalue weighted by molar-refractivity contribution is 5.60. The molecular formula is C13H16N2. The summed E-state index contributed by atoms with van der Waals surface area (Å²) < 4.78 is 0. The SMILES string of the molecule is CC.Cc1ccc(-c2cccnc2)cn1. The minimum atomic E-state index is 1.03. The molecule has 2 heteroatoms. The summed E-state index contributed by atoms with van der Waals surface area (Å²) in [7, 11) is 0. The van der Waals surface area contributed by atoms with E-state index >= 15 is 0 Å². The molecule has 78 valence electrons. The number of hydrogen-bond donors (Lipinski definition) is 0. The van der Waals surface area contributed by atoms with Gasteiger partial charge in [-0.3, -0.25) is 9.97 Å². The van der Waals surface area contributed by atoms with Crippen LogP contribution in [0.25, 0.3) is 11.1 Å². The molecule has 0 aliphatic carbocycles. The Balaban J connectivity index is 0.000000531. The van der Waals surface area contributed by atoms with Crippen molar-refractivity contribution < 1.29 is 0 Å². The molecule has 2 aromatic rings. The lowest BCUT2D eigenvalue weighted by Crippen LogP contribution is -1.82. The monoisotopic (exact) mass is 200 g/mol. The van der Waals surface area contributed by atoms with Gasteiger partial charge in [-0.2, -0.15) is 0 Å². The van der Waals surface area contributed by atoms with Crippen molar-refractivity contribution in [3.05, 3.63) is 48.5 Å². The van der Waals surface area contributed by atoms with Crippen molar-refractivity contribution in [3.63, 3.8) is 0 Å². The number of aromatic nitrogens is 2. The molecule has 0 spiro atoms. The Morgan fingerprint density at radius 1 is 0.933 bits per heavy atom. The molecule has 0 saturated carbocycles. The van der Waals surface area contributed by atoms with Crippen LogP contribution < -0.4 is 0 Å². The van der Waals surface area contributed by atoms with Crippen molar-refractivity contribution in [1.29, 1.82) is 0 Å². The van der Waals surface area contributed by atoms with Gasteiger partial charge in [0.1, 0.15) is 0 Å². The smallest absolute Gasteiger partial charge is 0.0373 e. The lowest BCUT2D eigenvalue weighted by Gasteiger charge is -1.99. The third-order valence-corrected chi connectivity index (χ3v) is 1.91. The van der Waals surface area contributed by atoms with Crippen molar-refractivity contribution in [2.75, 3.05) is 0 Å². The van der Waals surface area contributed by atoms with Gasteiger partial charge in [-0.05, 0) is 19.1 Å². The molecule has 2 rings (SSSR count). The fourth-order valence-electron chi connectivity index (χ4n) is 1.17. The Hall–Kier alpha value is -1.70. The van der Waals surface area contributed by atoms with E-state index in [1.54, 1.807) is 6.20 Å². The molecule has 0 aromatic carbocycles. The molecule has 15 heavy (non-hydrogen) atoms. The normalized spacial score (nSPS) is 9.00. The average molecular weight is 200 g/mol. The predicted octanol–water partition coefficient (Wildman–Crippen LogP) is 3.48. The highest BCUT2D eigenvalue weighted by Crippen LogP contribution is 2.16. The largest absolute Gasteiger partial charge is 0.264 e. The van der Waals surface area contributed by atoms with Crippen molar-refractivity contribution in [2.45, 2.75) is 20.8 Å². The highest BCUT2D eigenvalue weighted by Gasteiger charge is 1.95. The first-order valence-electron chi connectivity index (χ1n) is 5.19. The van der Waals surface area contributed by atoms with Gasteiger partial charge in [0.2, 0.25) is 0 Å². The van der Waals surface area contributed by atoms with E-state index in [1.165, 1.54) is 0 Å². The Kier molecular flexibility index (Phi) is 4.48. The quantitative estimate of drug-likeness (QED) is 0.704. The molecule has 0 unspecified atom stereocenters. The zero-order chi connectivity index (χ0) is 11.1.